The molecule has 5 heteroatoms. The van der Waals surface area contributed by atoms with E-state index in [1.165, 1.54) is 11.1 Å². The number of hydrogen-bond acceptors (Lipinski definition) is 5. The van der Waals surface area contributed by atoms with Crippen LogP contribution in [-0.4, -0.2) is 9.97 Å². The van der Waals surface area contributed by atoms with Gasteiger partial charge < -0.3 is 10.6 Å². The minimum atomic E-state index is 0.547. The highest BCUT2D eigenvalue weighted by Gasteiger charge is 2.02. The zero-order chi connectivity index (χ0) is 16.2. The fourth-order valence-electron chi connectivity index (χ4n) is 2.13. The van der Waals surface area contributed by atoms with E-state index in [0.29, 0.717) is 5.95 Å². The second-order valence-electron chi connectivity index (χ2n) is 5.36. The van der Waals surface area contributed by atoms with Crippen molar-refractivity contribution in [1.29, 1.82) is 0 Å². The summed E-state index contributed by atoms with van der Waals surface area (Å²) in [5.74, 6) is 1.29. The van der Waals surface area contributed by atoms with E-state index < -0.39 is 0 Å². The number of nitrogens with one attached hydrogen (secondary N) is 2. The molecule has 0 fully saturated rings. The van der Waals surface area contributed by atoms with E-state index in [1.54, 1.807) is 6.20 Å². The molecule has 0 saturated carbocycles. The average molecular weight is 322 g/mol. The normalized spacial score (nSPS) is 10.4. The van der Waals surface area contributed by atoms with Crippen LogP contribution in [0.5, 0.6) is 0 Å². The van der Waals surface area contributed by atoms with Crippen molar-refractivity contribution in [2.75, 3.05) is 10.6 Å². The largest absolute Gasteiger partial charge is 0.340 e. The minimum Gasteiger partial charge on any atom is -0.340 e. The van der Waals surface area contributed by atoms with Gasteiger partial charge in [-0.3, -0.25) is 0 Å². The van der Waals surface area contributed by atoms with Gasteiger partial charge in [-0.15, -0.1) is 12.6 Å². The standard InChI is InChI=1S/C18H18N4S/c1-12-3-4-15(11-13(12)2)20-17-9-10-19-18(22-17)21-14-5-7-16(23)8-6-14/h3-11,23H,1-2H3,(H2,19,20,21,22). The van der Waals surface area contributed by atoms with Crippen LogP contribution in [0.4, 0.5) is 23.1 Å². The van der Waals surface area contributed by atoms with Crippen LogP contribution < -0.4 is 10.6 Å². The van der Waals surface area contributed by atoms with Crippen LogP contribution in [0.3, 0.4) is 0 Å². The molecule has 0 atom stereocenters. The molecular weight excluding hydrogens is 304 g/mol. The van der Waals surface area contributed by atoms with Gasteiger partial charge in [-0.25, -0.2) is 4.98 Å². The third-order valence-corrected chi connectivity index (χ3v) is 3.86. The van der Waals surface area contributed by atoms with Crippen LogP contribution in [-0.2, 0) is 0 Å². The van der Waals surface area contributed by atoms with Crippen molar-refractivity contribution < 1.29 is 0 Å². The lowest BCUT2D eigenvalue weighted by Gasteiger charge is -2.10. The summed E-state index contributed by atoms with van der Waals surface area (Å²) in [5, 5.41) is 6.49. The predicted molar refractivity (Wildman–Crippen MR) is 98.2 cm³/mol. The molecule has 116 valence electrons. The summed E-state index contributed by atoms with van der Waals surface area (Å²) in [7, 11) is 0. The number of rotatable bonds is 4. The van der Waals surface area contributed by atoms with Crippen LogP contribution in [0, 0.1) is 13.8 Å². The molecule has 4 nitrogen and oxygen atoms in total. The fourth-order valence-corrected chi connectivity index (χ4v) is 2.28. The molecule has 3 aromatic rings. The summed E-state index contributed by atoms with van der Waals surface area (Å²) in [5.41, 5.74) is 4.45. The third-order valence-electron chi connectivity index (χ3n) is 3.56. The van der Waals surface area contributed by atoms with Gasteiger partial charge in [-0.2, -0.15) is 4.98 Å². The van der Waals surface area contributed by atoms with Crippen LogP contribution >= 0.6 is 12.6 Å². The molecule has 1 aromatic heterocycles. The first-order chi connectivity index (χ1) is 11.1. The van der Waals surface area contributed by atoms with Crippen molar-refractivity contribution in [3.63, 3.8) is 0 Å². The number of aryl methyl sites for hydroxylation is 2. The zero-order valence-electron chi connectivity index (χ0n) is 13.0. The lowest BCUT2D eigenvalue weighted by Crippen LogP contribution is -2.00. The Kier molecular flexibility index (Phi) is 4.48. The smallest absolute Gasteiger partial charge is 0.229 e. The fraction of sp³-hybridized carbons (Fsp3) is 0.111. The maximum atomic E-state index is 4.49. The second-order valence-corrected chi connectivity index (χ2v) is 5.88. The van der Waals surface area contributed by atoms with Gasteiger partial charge >= 0.3 is 0 Å². The summed E-state index contributed by atoms with van der Waals surface area (Å²) < 4.78 is 0. The van der Waals surface area contributed by atoms with E-state index in [9.17, 15) is 0 Å². The van der Waals surface area contributed by atoms with E-state index in [0.717, 1.165) is 22.1 Å². The number of anilines is 4. The first-order valence-electron chi connectivity index (χ1n) is 7.33. The maximum Gasteiger partial charge on any atom is 0.229 e. The SMILES string of the molecule is Cc1ccc(Nc2ccnc(Nc3ccc(S)cc3)n2)cc1C. The Morgan fingerprint density at radius 3 is 2.30 bits per heavy atom. The summed E-state index contributed by atoms with van der Waals surface area (Å²) in [6, 6.07) is 15.8. The lowest BCUT2D eigenvalue weighted by atomic mass is 10.1. The van der Waals surface area contributed by atoms with Gasteiger partial charge in [0.15, 0.2) is 0 Å². The van der Waals surface area contributed by atoms with Crippen LogP contribution in [0.1, 0.15) is 11.1 Å². The van der Waals surface area contributed by atoms with Crippen LogP contribution in [0.15, 0.2) is 59.6 Å². The van der Waals surface area contributed by atoms with Gasteiger partial charge in [-0.1, -0.05) is 6.07 Å². The second kappa shape index (κ2) is 6.71. The molecule has 0 radical (unpaired) electrons. The molecule has 3 rings (SSSR count). The van der Waals surface area contributed by atoms with Gasteiger partial charge in [-0.05, 0) is 67.4 Å². The summed E-state index contributed by atoms with van der Waals surface area (Å²) in [6.45, 7) is 4.19. The van der Waals surface area contributed by atoms with E-state index in [-0.39, 0.29) is 0 Å². The van der Waals surface area contributed by atoms with E-state index >= 15 is 0 Å². The Morgan fingerprint density at radius 1 is 0.826 bits per heavy atom. The van der Waals surface area contributed by atoms with Crippen molar-refractivity contribution in [3.8, 4) is 0 Å². The molecule has 0 aliphatic heterocycles. The minimum absolute atomic E-state index is 0.547. The first-order valence-corrected chi connectivity index (χ1v) is 7.78. The molecule has 0 saturated heterocycles. The quantitative estimate of drug-likeness (QED) is 0.600. The van der Waals surface area contributed by atoms with Crippen LogP contribution in [0.25, 0.3) is 0 Å². The molecule has 0 unspecified atom stereocenters. The van der Waals surface area contributed by atoms with Crippen molar-refractivity contribution in [2.24, 2.45) is 0 Å². The number of nitrogens with zero attached hydrogens (tertiary/aromatic N) is 2. The Labute approximate surface area is 141 Å². The van der Waals surface area contributed by atoms with Gasteiger partial charge in [0.05, 0.1) is 0 Å². The number of benzene rings is 2. The average Bonchev–Trinajstić information content (AvgIpc) is 2.54. The zero-order valence-corrected chi connectivity index (χ0v) is 13.9. The predicted octanol–water partition coefficient (Wildman–Crippen LogP) is 4.87. The summed E-state index contributed by atoms with van der Waals surface area (Å²) >= 11 is 4.28. The molecule has 1 heterocycles. The molecule has 2 N–H and O–H groups in total. The van der Waals surface area contributed by atoms with E-state index in [2.05, 4.69) is 59.2 Å². The summed E-state index contributed by atoms with van der Waals surface area (Å²) in [4.78, 5) is 9.65. The highest BCUT2D eigenvalue weighted by molar-refractivity contribution is 7.80. The Morgan fingerprint density at radius 2 is 1.57 bits per heavy atom. The Balaban J connectivity index is 1.76. The van der Waals surface area contributed by atoms with Gasteiger partial charge in [0.1, 0.15) is 5.82 Å². The Hall–Kier alpha value is -2.53. The van der Waals surface area contributed by atoms with Gasteiger partial charge in [0.25, 0.3) is 0 Å². The van der Waals surface area contributed by atoms with Crippen molar-refractivity contribution >= 4 is 35.8 Å². The van der Waals surface area contributed by atoms with Crippen LogP contribution in [0.2, 0.25) is 0 Å². The molecular formula is C18H18N4S. The number of hydrogen-bond donors (Lipinski definition) is 3. The van der Waals surface area contributed by atoms with Crippen molar-refractivity contribution in [3.05, 3.63) is 65.9 Å². The van der Waals surface area contributed by atoms with Gasteiger partial charge in [0, 0.05) is 22.5 Å². The molecule has 2 aromatic carbocycles. The Bertz CT molecular complexity index is 816. The first kappa shape index (κ1) is 15.4. The van der Waals surface area contributed by atoms with E-state index in [1.807, 2.05) is 36.4 Å². The molecule has 0 amide bonds. The molecule has 0 aliphatic rings. The molecule has 0 aliphatic carbocycles. The van der Waals surface area contributed by atoms with Gasteiger partial charge in [0.2, 0.25) is 5.95 Å². The van der Waals surface area contributed by atoms with Crippen molar-refractivity contribution in [2.45, 2.75) is 18.7 Å². The topological polar surface area (TPSA) is 49.8 Å². The molecule has 0 bridgehead atoms. The lowest BCUT2D eigenvalue weighted by molar-refractivity contribution is 1.16. The maximum absolute atomic E-state index is 4.49. The monoisotopic (exact) mass is 322 g/mol. The molecule has 23 heavy (non-hydrogen) atoms. The number of aromatic nitrogens is 2. The molecule has 0 spiro atoms. The summed E-state index contributed by atoms with van der Waals surface area (Å²) in [6.07, 6.45) is 1.73. The van der Waals surface area contributed by atoms with Crippen molar-refractivity contribution in [1.82, 2.24) is 9.97 Å². The highest BCUT2D eigenvalue weighted by atomic mass is 32.1. The van der Waals surface area contributed by atoms with E-state index in [4.69, 9.17) is 0 Å². The third kappa shape index (κ3) is 4.02. The highest BCUT2D eigenvalue weighted by Crippen LogP contribution is 2.20. The number of thiol groups is 1.